The fourth-order valence-corrected chi connectivity index (χ4v) is 4.94. The summed E-state index contributed by atoms with van der Waals surface area (Å²) in [5.41, 5.74) is 2.21. The van der Waals surface area contributed by atoms with Gasteiger partial charge in [-0.3, -0.25) is 19.7 Å². The number of amides is 2. The summed E-state index contributed by atoms with van der Waals surface area (Å²) in [6.07, 6.45) is 0. The summed E-state index contributed by atoms with van der Waals surface area (Å²) in [6, 6.07) is 20.1. The van der Waals surface area contributed by atoms with Gasteiger partial charge in [0.15, 0.2) is 5.13 Å². The highest BCUT2D eigenvalue weighted by Crippen LogP contribution is 2.29. The lowest BCUT2D eigenvalue weighted by molar-refractivity contribution is -0.384. The maximum atomic E-state index is 12.7. The van der Waals surface area contributed by atoms with Crippen LogP contribution in [0.2, 0.25) is 5.02 Å². The SMILES string of the molecule is CC(Sc1ccc(NC(=O)c2cccc(Cl)c2)cc1)C(=O)Nc1nc(-c2cccc([N+](=O)[O-])c2)cs1. The Morgan fingerprint density at radius 3 is 2.53 bits per heavy atom. The number of thioether (sulfide) groups is 1. The third-order valence-electron chi connectivity index (χ3n) is 4.97. The lowest BCUT2D eigenvalue weighted by atomic mass is 10.1. The first kappa shape index (κ1) is 25.4. The molecule has 1 unspecified atom stereocenters. The van der Waals surface area contributed by atoms with Gasteiger partial charge < -0.3 is 10.6 Å². The van der Waals surface area contributed by atoms with Crippen LogP contribution in [0.5, 0.6) is 0 Å². The average Bonchev–Trinajstić information content (AvgIpc) is 3.33. The first-order valence-electron chi connectivity index (χ1n) is 10.6. The van der Waals surface area contributed by atoms with Crippen molar-refractivity contribution in [2.45, 2.75) is 17.1 Å². The molecular weight excluding hydrogens is 520 g/mol. The zero-order chi connectivity index (χ0) is 25.7. The van der Waals surface area contributed by atoms with Crippen LogP contribution < -0.4 is 10.6 Å². The van der Waals surface area contributed by atoms with Crippen molar-refractivity contribution in [3.8, 4) is 11.3 Å². The molecule has 8 nitrogen and oxygen atoms in total. The number of rotatable bonds is 8. The summed E-state index contributed by atoms with van der Waals surface area (Å²) in [5.74, 6) is -0.489. The lowest BCUT2D eigenvalue weighted by Crippen LogP contribution is -2.22. The van der Waals surface area contributed by atoms with E-state index in [9.17, 15) is 19.7 Å². The predicted octanol–water partition coefficient (Wildman–Crippen LogP) is 6.74. The van der Waals surface area contributed by atoms with Crippen molar-refractivity contribution in [2.75, 3.05) is 10.6 Å². The number of nitrogens with zero attached hydrogens (tertiary/aromatic N) is 2. The van der Waals surface area contributed by atoms with Gasteiger partial charge in [-0.15, -0.1) is 23.1 Å². The van der Waals surface area contributed by atoms with E-state index in [1.165, 1.54) is 35.2 Å². The molecule has 0 bridgehead atoms. The van der Waals surface area contributed by atoms with Gasteiger partial charge in [-0.25, -0.2) is 4.98 Å². The van der Waals surface area contributed by atoms with Gasteiger partial charge in [-0.2, -0.15) is 0 Å². The molecule has 1 aromatic heterocycles. The van der Waals surface area contributed by atoms with Crippen LogP contribution in [-0.4, -0.2) is 27.0 Å². The Kier molecular flexibility index (Phi) is 7.99. The minimum Gasteiger partial charge on any atom is -0.322 e. The number of anilines is 2. The Morgan fingerprint density at radius 2 is 1.81 bits per heavy atom. The molecular formula is C25H19ClN4O4S2. The number of hydrogen-bond donors (Lipinski definition) is 2. The largest absolute Gasteiger partial charge is 0.322 e. The van der Waals surface area contributed by atoms with E-state index in [-0.39, 0.29) is 17.5 Å². The Bertz CT molecular complexity index is 1430. The van der Waals surface area contributed by atoms with Crippen molar-refractivity contribution in [3.05, 3.63) is 98.9 Å². The van der Waals surface area contributed by atoms with E-state index < -0.39 is 10.2 Å². The molecule has 4 aromatic rings. The average molecular weight is 539 g/mol. The van der Waals surface area contributed by atoms with Crippen molar-refractivity contribution in [3.63, 3.8) is 0 Å². The number of carbonyl (C=O) groups is 2. The van der Waals surface area contributed by atoms with E-state index in [1.54, 1.807) is 60.8 Å². The maximum Gasteiger partial charge on any atom is 0.270 e. The molecule has 0 saturated heterocycles. The number of non-ortho nitro benzene ring substituents is 1. The van der Waals surface area contributed by atoms with E-state index in [2.05, 4.69) is 15.6 Å². The summed E-state index contributed by atoms with van der Waals surface area (Å²) < 4.78 is 0. The van der Waals surface area contributed by atoms with Crippen molar-refractivity contribution in [1.82, 2.24) is 4.98 Å². The van der Waals surface area contributed by atoms with Gasteiger partial charge in [0.2, 0.25) is 5.91 Å². The molecule has 0 radical (unpaired) electrons. The Morgan fingerprint density at radius 1 is 1.06 bits per heavy atom. The number of carbonyl (C=O) groups excluding carboxylic acids is 2. The minimum atomic E-state index is -0.461. The fraction of sp³-hybridized carbons (Fsp3) is 0.0800. The minimum absolute atomic E-state index is 0.0221. The molecule has 0 aliphatic heterocycles. The molecule has 2 N–H and O–H groups in total. The first-order valence-corrected chi connectivity index (χ1v) is 12.8. The Labute approximate surface area is 219 Å². The van der Waals surface area contributed by atoms with Gasteiger partial charge in [0, 0.05) is 44.2 Å². The van der Waals surface area contributed by atoms with E-state index in [0.717, 1.165) is 4.90 Å². The van der Waals surface area contributed by atoms with Crippen molar-refractivity contribution >= 4 is 63.0 Å². The second kappa shape index (κ2) is 11.3. The number of thiazole rings is 1. The second-order valence-electron chi connectivity index (χ2n) is 7.58. The molecule has 0 aliphatic rings. The fourth-order valence-electron chi connectivity index (χ4n) is 3.16. The van der Waals surface area contributed by atoms with Crippen LogP contribution in [0.4, 0.5) is 16.5 Å². The summed E-state index contributed by atoms with van der Waals surface area (Å²) in [6.45, 7) is 1.78. The summed E-state index contributed by atoms with van der Waals surface area (Å²) >= 11 is 8.55. The quantitative estimate of drug-likeness (QED) is 0.146. The van der Waals surface area contributed by atoms with Crippen molar-refractivity contribution in [1.29, 1.82) is 0 Å². The van der Waals surface area contributed by atoms with Crippen LogP contribution in [0.1, 0.15) is 17.3 Å². The highest BCUT2D eigenvalue weighted by atomic mass is 35.5. The monoisotopic (exact) mass is 538 g/mol. The molecule has 4 rings (SSSR count). The zero-order valence-corrected chi connectivity index (χ0v) is 21.2. The molecule has 0 fully saturated rings. The van der Waals surface area contributed by atoms with E-state index in [4.69, 9.17) is 11.6 Å². The highest BCUT2D eigenvalue weighted by Gasteiger charge is 2.17. The Balaban J connectivity index is 1.33. The smallest absolute Gasteiger partial charge is 0.270 e. The molecule has 1 atom stereocenters. The van der Waals surface area contributed by atoms with Crippen LogP contribution in [0.25, 0.3) is 11.3 Å². The zero-order valence-electron chi connectivity index (χ0n) is 18.8. The van der Waals surface area contributed by atoms with Crippen molar-refractivity contribution in [2.24, 2.45) is 0 Å². The molecule has 1 heterocycles. The highest BCUT2D eigenvalue weighted by molar-refractivity contribution is 8.00. The van der Waals surface area contributed by atoms with Crippen molar-refractivity contribution < 1.29 is 14.5 Å². The molecule has 3 aromatic carbocycles. The van der Waals surface area contributed by atoms with Crippen LogP contribution in [0.3, 0.4) is 0 Å². The third kappa shape index (κ3) is 6.48. The molecule has 0 aliphatic carbocycles. The number of halogens is 1. The number of hydrogen-bond acceptors (Lipinski definition) is 7. The summed E-state index contributed by atoms with van der Waals surface area (Å²) in [4.78, 5) is 40.8. The molecule has 11 heteroatoms. The second-order valence-corrected chi connectivity index (χ2v) is 10.3. The number of benzene rings is 3. The first-order chi connectivity index (χ1) is 17.3. The van der Waals surface area contributed by atoms with Gasteiger partial charge in [0.1, 0.15) is 0 Å². The van der Waals surface area contributed by atoms with Crippen LogP contribution >= 0.6 is 34.7 Å². The molecule has 0 saturated carbocycles. The molecule has 2 amide bonds. The lowest BCUT2D eigenvalue weighted by Gasteiger charge is -2.11. The van der Waals surface area contributed by atoms with E-state index in [1.807, 2.05) is 12.1 Å². The number of aromatic nitrogens is 1. The molecule has 0 spiro atoms. The number of nitro groups is 1. The standard InChI is InChI=1S/C25H19ClN4O4S2/c1-15(23(31)29-25-28-22(14-35-25)16-4-3-7-20(13-16)30(33)34)36-21-10-8-19(9-11-21)27-24(32)17-5-2-6-18(26)12-17/h2-15H,1H3,(H,27,32)(H,28,29,31). The van der Waals surface area contributed by atoms with Gasteiger partial charge in [0.25, 0.3) is 11.6 Å². The number of nitrogens with one attached hydrogen (secondary N) is 2. The van der Waals surface area contributed by atoms with Gasteiger partial charge in [0.05, 0.1) is 15.9 Å². The normalized spacial score (nSPS) is 11.5. The Hall–Kier alpha value is -3.73. The third-order valence-corrected chi connectivity index (χ3v) is 7.07. The van der Waals surface area contributed by atoms with Crippen LogP contribution in [-0.2, 0) is 4.79 Å². The molecule has 182 valence electrons. The molecule has 36 heavy (non-hydrogen) atoms. The van der Waals surface area contributed by atoms with Gasteiger partial charge >= 0.3 is 0 Å². The number of nitro benzene ring substituents is 1. The van der Waals surface area contributed by atoms with Gasteiger partial charge in [-0.1, -0.05) is 29.8 Å². The summed E-state index contributed by atoms with van der Waals surface area (Å²) in [7, 11) is 0. The predicted molar refractivity (Wildman–Crippen MR) is 144 cm³/mol. The van der Waals surface area contributed by atoms with Crippen LogP contribution in [0.15, 0.2) is 83.1 Å². The van der Waals surface area contributed by atoms with E-state index in [0.29, 0.717) is 32.7 Å². The van der Waals surface area contributed by atoms with Crippen LogP contribution in [0, 0.1) is 10.1 Å². The summed E-state index contributed by atoms with van der Waals surface area (Å²) in [5, 5.41) is 18.8. The maximum absolute atomic E-state index is 12.7. The van der Waals surface area contributed by atoms with E-state index >= 15 is 0 Å². The topological polar surface area (TPSA) is 114 Å². The van der Waals surface area contributed by atoms with Gasteiger partial charge in [-0.05, 0) is 49.4 Å².